The Kier molecular flexibility index (Phi) is 6.17. The second kappa shape index (κ2) is 9.15. The maximum atomic E-state index is 4.32. The van der Waals surface area contributed by atoms with Crippen LogP contribution in [0.3, 0.4) is 0 Å². The number of rotatable bonds is 8. The van der Waals surface area contributed by atoms with Crippen molar-refractivity contribution in [3.63, 3.8) is 0 Å². The summed E-state index contributed by atoms with van der Waals surface area (Å²) in [5, 5.41) is 4.32. The summed E-state index contributed by atoms with van der Waals surface area (Å²) in [6.07, 6.45) is 3.87. The zero-order valence-electron chi connectivity index (χ0n) is 16.5. The fraction of sp³-hybridized carbons (Fsp3) is 0.348. The van der Waals surface area contributed by atoms with Gasteiger partial charge in [0, 0.05) is 37.9 Å². The third kappa shape index (κ3) is 4.50. The molecule has 1 fully saturated rings. The van der Waals surface area contributed by atoms with Gasteiger partial charge in [-0.25, -0.2) is 5.43 Å². The molecule has 3 aromatic rings. The van der Waals surface area contributed by atoms with Crippen molar-refractivity contribution in [1.82, 2.24) is 25.5 Å². The highest BCUT2D eigenvalue weighted by molar-refractivity contribution is 5.63. The molecule has 1 aliphatic rings. The van der Waals surface area contributed by atoms with E-state index >= 15 is 0 Å². The summed E-state index contributed by atoms with van der Waals surface area (Å²) < 4.78 is 2.01. The zero-order valence-corrected chi connectivity index (χ0v) is 16.5. The highest BCUT2D eigenvalue weighted by Gasteiger charge is 2.29. The first-order valence-electron chi connectivity index (χ1n) is 10.2. The smallest absolute Gasteiger partial charge is 0.0536 e. The molecule has 5 nitrogen and oxygen atoms in total. The summed E-state index contributed by atoms with van der Waals surface area (Å²) >= 11 is 0. The van der Waals surface area contributed by atoms with Crippen LogP contribution in [0.2, 0.25) is 0 Å². The van der Waals surface area contributed by atoms with Crippen LogP contribution in [-0.4, -0.2) is 40.9 Å². The van der Waals surface area contributed by atoms with E-state index in [9.17, 15) is 0 Å². The molecule has 0 bridgehead atoms. The van der Waals surface area contributed by atoms with Gasteiger partial charge in [-0.05, 0) is 29.3 Å². The molecule has 0 saturated carbocycles. The summed E-state index contributed by atoms with van der Waals surface area (Å²) in [6, 6.07) is 21.9. The molecule has 2 heterocycles. The Morgan fingerprint density at radius 3 is 2.54 bits per heavy atom. The topological polar surface area (TPSA) is 45.1 Å². The zero-order chi connectivity index (χ0) is 19.2. The maximum Gasteiger partial charge on any atom is 0.0536 e. The highest BCUT2D eigenvalue weighted by atomic mass is 15.4. The van der Waals surface area contributed by atoms with Crippen molar-refractivity contribution in [2.24, 2.45) is 5.92 Å². The number of nitrogens with one attached hydrogen (secondary N) is 2. The minimum absolute atomic E-state index is 0.337. The monoisotopic (exact) mass is 375 g/mol. The van der Waals surface area contributed by atoms with Gasteiger partial charge in [-0.2, -0.15) is 5.10 Å². The lowest BCUT2D eigenvalue weighted by atomic mass is 9.93. The summed E-state index contributed by atoms with van der Waals surface area (Å²) in [7, 11) is 0. The van der Waals surface area contributed by atoms with E-state index in [1.54, 1.807) is 0 Å². The van der Waals surface area contributed by atoms with Crippen LogP contribution in [0.5, 0.6) is 0 Å². The lowest BCUT2D eigenvalue weighted by molar-refractivity contribution is 0.225. The molecule has 5 heteroatoms. The van der Waals surface area contributed by atoms with Gasteiger partial charge in [-0.15, -0.1) is 0 Å². The van der Waals surface area contributed by atoms with Crippen molar-refractivity contribution in [2.45, 2.75) is 19.5 Å². The minimum Gasteiger partial charge on any atom is -0.301 e. The van der Waals surface area contributed by atoms with E-state index < -0.39 is 0 Å². The van der Waals surface area contributed by atoms with Gasteiger partial charge in [0.1, 0.15) is 0 Å². The number of hydrogen-bond acceptors (Lipinski definition) is 4. The van der Waals surface area contributed by atoms with Crippen LogP contribution in [0.4, 0.5) is 0 Å². The average molecular weight is 376 g/mol. The van der Waals surface area contributed by atoms with Gasteiger partial charge >= 0.3 is 0 Å². The lowest BCUT2D eigenvalue weighted by Gasteiger charge is -2.27. The molecule has 1 saturated heterocycles. The molecule has 146 valence electrons. The van der Waals surface area contributed by atoms with E-state index in [-0.39, 0.29) is 0 Å². The van der Waals surface area contributed by atoms with Crippen molar-refractivity contribution in [1.29, 1.82) is 0 Å². The van der Waals surface area contributed by atoms with Crippen LogP contribution >= 0.6 is 0 Å². The largest absolute Gasteiger partial charge is 0.301 e. The van der Waals surface area contributed by atoms with Crippen LogP contribution in [0.1, 0.15) is 18.5 Å². The highest BCUT2D eigenvalue weighted by Crippen LogP contribution is 2.28. The molecule has 0 aliphatic carbocycles. The first kappa shape index (κ1) is 18.9. The Morgan fingerprint density at radius 1 is 1.04 bits per heavy atom. The normalized spacial score (nSPS) is 19.4. The second-order valence-electron chi connectivity index (χ2n) is 7.41. The van der Waals surface area contributed by atoms with E-state index in [0.29, 0.717) is 12.0 Å². The van der Waals surface area contributed by atoms with E-state index in [0.717, 1.165) is 32.7 Å². The third-order valence-electron chi connectivity index (χ3n) is 5.61. The first-order valence-corrected chi connectivity index (χ1v) is 10.2. The van der Waals surface area contributed by atoms with E-state index in [1.807, 2.05) is 23.1 Å². The Labute approximate surface area is 167 Å². The molecule has 2 unspecified atom stereocenters. The van der Waals surface area contributed by atoms with E-state index in [4.69, 9.17) is 0 Å². The van der Waals surface area contributed by atoms with Crippen molar-refractivity contribution in [3.8, 4) is 11.1 Å². The average Bonchev–Trinajstić information content (AvgIpc) is 3.44. The molecule has 0 radical (unpaired) electrons. The Hall–Kier alpha value is -2.47. The van der Waals surface area contributed by atoms with Crippen molar-refractivity contribution >= 4 is 0 Å². The van der Waals surface area contributed by atoms with Crippen LogP contribution in [0, 0.1) is 5.92 Å². The number of likely N-dealkylation sites (N-methyl/N-ethyl adjacent to an activating group) is 1. The molecule has 2 aromatic carbocycles. The summed E-state index contributed by atoms with van der Waals surface area (Å²) in [4.78, 5) is 2.52. The van der Waals surface area contributed by atoms with Gasteiger partial charge in [0.25, 0.3) is 0 Å². The van der Waals surface area contributed by atoms with Crippen molar-refractivity contribution < 1.29 is 0 Å². The standard InChI is InChI=1S/C23H29N5/c1-2-27(15-16-28-14-6-13-25-28)18-22-17-24-26-23(22)21-11-9-20(10-12-21)19-7-4-3-5-8-19/h3-14,22-24,26H,2,15-18H2,1H3. The number of aromatic nitrogens is 2. The van der Waals surface area contributed by atoms with Crippen LogP contribution in [-0.2, 0) is 6.54 Å². The van der Waals surface area contributed by atoms with Gasteiger partial charge in [0.15, 0.2) is 0 Å². The van der Waals surface area contributed by atoms with Gasteiger partial charge in [-0.1, -0.05) is 61.5 Å². The second-order valence-corrected chi connectivity index (χ2v) is 7.41. The van der Waals surface area contributed by atoms with Gasteiger partial charge in [0.2, 0.25) is 0 Å². The van der Waals surface area contributed by atoms with Gasteiger partial charge in [0.05, 0.1) is 12.6 Å². The molecule has 2 atom stereocenters. The molecule has 28 heavy (non-hydrogen) atoms. The van der Waals surface area contributed by atoms with Gasteiger partial charge < -0.3 is 4.90 Å². The molecule has 0 amide bonds. The predicted octanol–water partition coefficient (Wildman–Crippen LogP) is 3.34. The Balaban J connectivity index is 1.39. The number of nitrogens with zero attached hydrogens (tertiary/aromatic N) is 3. The fourth-order valence-electron chi connectivity index (χ4n) is 3.96. The molecule has 0 spiro atoms. The summed E-state index contributed by atoms with van der Waals surface area (Å²) in [5.41, 5.74) is 10.7. The maximum absolute atomic E-state index is 4.32. The number of hydrazine groups is 1. The minimum atomic E-state index is 0.337. The molecular weight excluding hydrogens is 346 g/mol. The summed E-state index contributed by atoms with van der Waals surface area (Å²) in [6.45, 7) is 7.31. The molecule has 4 rings (SSSR count). The number of benzene rings is 2. The van der Waals surface area contributed by atoms with Gasteiger partial charge in [-0.3, -0.25) is 10.1 Å². The van der Waals surface area contributed by atoms with Crippen LogP contribution in [0.15, 0.2) is 73.1 Å². The third-order valence-corrected chi connectivity index (χ3v) is 5.61. The first-order chi connectivity index (χ1) is 13.8. The van der Waals surface area contributed by atoms with E-state index in [2.05, 4.69) is 82.4 Å². The molecule has 1 aliphatic heterocycles. The number of hydrogen-bond donors (Lipinski definition) is 2. The SMILES string of the molecule is CCN(CCn1cccn1)CC1CNNC1c1ccc(-c2ccccc2)cc1. The van der Waals surface area contributed by atoms with Crippen LogP contribution < -0.4 is 10.9 Å². The molecule has 1 aromatic heterocycles. The van der Waals surface area contributed by atoms with Crippen molar-refractivity contribution in [2.75, 3.05) is 26.2 Å². The molecular formula is C23H29N5. The van der Waals surface area contributed by atoms with Crippen LogP contribution in [0.25, 0.3) is 11.1 Å². The predicted molar refractivity (Wildman–Crippen MR) is 114 cm³/mol. The quantitative estimate of drug-likeness (QED) is 0.634. The summed E-state index contributed by atoms with van der Waals surface area (Å²) in [5.74, 6) is 0.542. The van der Waals surface area contributed by atoms with Crippen molar-refractivity contribution in [3.05, 3.63) is 78.6 Å². The van der Waals surface area contributed by atoms with E-state index in [1.165, 1.54) is 16.7 Å². The molecule has 2 N–H and O–H groups in total. The fourth-order valence-corrected chi connectivity index (χ4v) is 3.96. The Morgan fingerprint density at radius 2 is 1.82 bits per heavy atom. The Bertz CT molecular complexity index is 829. The lowest BCUT2D eigenvalue weighted by Crippen LogP contribution is -2.35.